The lowest BCUT2D eigenvalue weighted by Gasteiger charge is -2.37. The van der Waals surface area contributed by atoms with E-state index in [1.165, 1.54) is 9.70 Å². The first kappa shape index (κ1) is 14.7. The lowest BCUT2D eigenvalue weighted by atomic mass is 9.99. The van der Waals surface area contributed by atoms with Crippen LogP contribution in [0.1, 0.15) is 23.2 Å². The molecule has 2 N–H and O–H groups in total. The molecular weight excluding hydrogens is 284 g/mol. The van der Waals surface area contributed by atoms with Crippen molar-refractivity contribution in [3.8, 4) is 5.69 Å². The Hall–Kier alpha value is -2.25. The number of aromatic nitrogens is 3. The molecule has 1 aliphatic heterocycles. The number of benzene rings is 1. The van der Waals surface area contributed by atoms with Gasteiger partial charge in [-0.15, -0.1) is 0 Å². The molecule has 2 unspecified atom stereocenters. The monoisotopic (exact) mass is 302 g/mol. The number of β-amino-alcohol motifs (C(OH)–C–C–N with tert-alkyl or cyclic N) is 1. The Balaban J connectivity index is 1.95. The number of hydrogen-bond donors (Lipinski definition) is 2. The van der Waals surface area contributed by atoms with E-state index >= 15 is 0 Å². The molecule has 1 fully saturated rings. The third-order valence-electron chi connectivity index (χ3n) is 3.92. The first-order valence-electron chi connectivity index (χ1n) is 7.26. The second-order valence-electron chi connectivity index (χ2n) is 5.36. The number of carbonyl (C=O) groups excluding carboxylic acids is 1. The highest BCUT2D eigenvalue weighted by atomic mass is 16.3. The van der Waals surface area contributed by atoms with Crippen molar-refractivity contribution in [3.63, 3.8) is 0 Å². The van der Waals surface area contributed by atoms with Crippen LogP contribution in [-0.4, -0.2) is 61.3 Å². The molecule has 0 aliphatic carbocycles. The SMILES string of the molecule is O=C(c1ccccc1-n1nccn1)N1CC(O)CCC1CO. The van der Waals surface area contributed by atoms with Crippen LogP contribution in [0.2, 0.25) is 0 Å². The maximum atomic E-state index is 12.9. The van der Waals surface area contributed by atoms with E-state index in [1.54, 1.807) is 30.6 Å². The van der Waals surface area contributed by atoms with E-state index in [1.807, 2.05) is 6.07 Å². The molecule has 1 aromatic heterocycles. The van der Waals surface area contributed by atoms with E-state index < -0.39 is 6.10 Å². The van der Waals surface area contributed by atoms with Crippen molar-refractivity contribution in [3.05, 3.63) is 42.2 Å². The van der Waals surface area contributed by atoms with Crippen LogP contribution in [0.5, 0.6) is 0 Å². The summed E-state index contributed by atoms with van der Waals surface area (Å²) in [5.41, 5.74) is 1.03. The summed E-state index contributed by atoms with van der Waals surface area (Å²) in [6.45, 7) is 0.117. The van der Waals surface area contributed by atoms with Crippen molar-refractivity contribution in [1.29, 1.82) is 0 Å². The fourth-order valence-corrected chi connectivity index (χ4v) is 2.77. The van der Waals surface area contributed by atoms with Gasteiger partial charge in [-0.05, 0) is 25.0 Å². The van der Waals surface area contributed by atoms with Gasteiger partial charge in [-0.2, -0.15) is 15.0 Å². The molecule has 7 heteroatoms. The molecule has 2 atom stereocenters. The van der Waals surface area contributed by atoms with Gasteiger partial charge in [-0.1, -0.05) is 12.1 Å². The van der Waals surface area contributed by atoms with Gasteiger partial charge in [0.25, 0.3) is 5.91 Å². The average molecular weight is 302 g/mol. The molecule has 0 saturated carbocycles. The molecule has 1 amide bonds. The third kappa shape index (κ3) is 2.72. The number of carbonyl (C=O) groups is 1. The minimum atomic E-state index is -0.554. The zero-order valence-corrected chi connectivity index (χ0v) is 12.0. The van der Waals surface area contributed by atoms with Gasteiger partial charge in [0.05, 0.1) is 42.4 Å². The number of likely N-dealkylation sites (tertiary alicyclic amines) is 1. The number of rotatable bonds is 3. The molecule has 22 heavy (non-hydrogen) atoms. The second kappa shape index (κ2) is 6.25. The van der Waals surface area contributed by atoms with Gasteiger partial charge in [-0.25, -0.2) is 0 Å². The molecule has 1 saturated heterocycles. The summed E-state index contributed by atoms with van der Waals surface area (Å²) < 4.78 is 0. The summed E-state index contributed by atoms with van der Waals surface area (Å²) >= 11 is 0. The highest BCUT2D eigenvalue weighted by Gasteiger charge is 2.32. The highest BCUT2D eigenvalue weighted by Crippen LogP contribution is 2.22. The Morgan fingerprint density at radius 1 is 1.23 bits per heavy atom. The average Bonchev–Trinajstić information content (AvgIpc) is 3.08. The first-order valence-corrected chi connectivity index (χ1v) is 7.26. The maximum Gasteiger partial charge on any atom is 0.256 e. The molecular formula is C15H18N4O3. The Morgan fingerprint density at radius 3 is 2.68 bits per heavy atom. The summed E-state index contributed by atoms with van der Waals surface area (Å²) in [6.07, 6.45) is 3.72. The van der Waals surface area contributed by atoms with E-state index in [-0.39, 0.29) is 25.1 Å². The van der Waals surface area contributed by atoms with Crippen LogP contribution < -0.4 is 0 Å². The van der Waals surface area contributed by atoms with Gasteiger partial charge in [0.2, 0.25) is 0 Å². The summed E-state index contributed by atoms with van der Waals surface area (Å²) in [5.74, 6) is -0.231. The smallest absolute Gasteiger partial charge is 0.256 e. The van der Waals surface area contributed by atoms with Crippen molar-refractivity contribution >= 4 is 5.91 Å². The van der Waals surface area contributed by atoms with Crippen LogP contribution in [0.15, 0.2) is 36.7 Å². The van der Waals surface area contributed by atoms with Gasteiger partial charge < -0.3 is 15.1 Å². The van der Waals surface area contributed by atoms with Crippen LogP contribution in [-0.2, 0) is 0 Å². The van der Waals surface area contributed by atoms with Crippen LogP contribution >= 0.6 is 0 Å². The number of amides is 1. The summed E-state index contributed by atoms with van der Waals surface area (Å²) in [4.78, 5) is 15.8. The Labute approximate surface area is 127 Å². The standard InChI is InChI=1S/C15H18N4O3/c20-10-11-5-6-12(21)9-18(11)15(22)13-3-1-2-4-14(13)19-16-7-8-17-19/h1-4,7-8,11-12,20-21H,5-6,9-10H2. The van der Waals surface area contributed by atoms with Gasteiger partial charge in [0.1, 0.15) is 0 Å². The van der Waals surface area contributed by atoms with Gasteiger partial charge in [0.15, 0.2) is 0 Å². The van der Waals surface area contributed by atoms with Crippen molar-refractivity contribution in [2.24, 2.45) is 0 Å². The quantitative estimate of drug-likeness (QED) is 0.846. The summed E-state index contributed by atoms with van der Waals surface area (Å²) in [5, 5.41) is 27.5. The fraction of sp³-hybridized carbons (Fsp3) is 0.400. The van der Waals surface area contributed by atoms with Crippen molar-refractivity contribution < 1.29 is 15.0 Å². The van der Waals surface area contributed by atoms with E-state index in [0.29, 0.717) is 24.1 Å². The number of aliphatic hydroxyl groups is 2. The topological polar surface area (TPSA) is 91.5 Å². The summed E-state index contributed by atoms with van der Waals surface area (Å²) in [6, 6.07) is 6.78. The predicted molar refractivity (Wildman–Crippen MR) is 78.5 cm³/mol. The second-order valence-corrected chi connectivity index (χ2v) is 5.36. The molecule has 116 valence electrons. The van der Waals surface area contributed by atoms with E-state index in [4.69, 9.17) is 0 Å². The largest absolute Gasteiger partial charge is 0.394 e. The van der Waals surface area contributed by atoms with Crippen molar-refractivity contribution in [2.45, 2.75) is 25.0 Å². The molecule has 0 radical (unpaired) electrons. The van der Waals surface area contributed by atoms with Crippen LogP contribution in [0.4, 0.5) is 0 Å². The molecule has 0 bridgehead atoms. The first-order chi connectivity index (χ1) is 10.7. The number of nitrogens with zero attached hydrogens (tertiary/aromatic N) is 4. The minimum Gasteiger partial charge on any atom is -0.394 e. The van der Waals surface area contributed by atoms with Crippen LogP contribution in [0.3, 0.4) is 0 Å². The minimum absolute atomic E-state index is 0.110. The molecule has 2 heterocycles. The molecule has 7 nitrogen and oxygen atoms in total. The highest BCUT2D eigenvalue weighted by molar-refractivity contribution is 5.98. The van der Waals surface area contributed by atoms with Gasteiger partial charge in [0, 0.05) is 6.54 Å². The zero-order chi connectivity index (χ0) is 15.5. The van der Waals surface area contributed by atoms with Crippen LogP contribution in [0, 0.1) is 0 Å². The number of piperidine rings is 1. The molecule has 1 aromatic carbocycles. The summed E-state index contributed by atoms with van der Waals surface area (Å²) in [7, 11) is 0. The Kier molecular flexibility index (Phi) is 4.17. The molecule has 3 rings (SSSR count). The normalized spacial score (nSPS) is 21.8. The zero-order valence-electron chi connectivity index (χ0n) is 12.0. The third-order valence-corrected chi connectivity index (χ3v) is 3.92. The number of aliphatic hydroxyl groups excluding tert-OH is 2. The van der Waals surface area contributed by atoms with E-state index in [0.717, 1.165) is 0 Å². The predicted octanol–water partition coefficient (Wildman–Crippen LogP) is 0.225. The van der Waals surface area contributed by atoms with Gasteiger partial charge >= 0.3 is 0 Å². The Morgan fingerprint density at radius 2 is 1.95 bits per heavy atom. The maximum absolute atomic E-state index is 12.9. The fourth-order valence-electron chi connectivity index (χ4n) is 2.77. The van der Waals surface area contributed by atoms with Crippen molar-refractivity contribution in [2.75, 3.05) is 13.2 Å². The molecule has 1 aliphatic rings. The number of hydrogen-bond acceptors (Lipinski definition) is 5. The lowest BCUT2D eigenvalue weighted by molar-refractivity contribution is 0.0138. The Bertz CT molecular complexity index is 644. The molecule has 0 spiro atoms. The number of para-hydroxylation sites is 1. The van der Waals surface area contributed by atoms with Crippen LogP contribution in [0.25, 0.3) is 5.69 Å². The van der Waals surface area contributed by atoms with E-state index in [9.17, 15) is 15.0 Å². The van der Waals surface area contributed by atoms with Crippen molar-refractivity contribution in [1.82, 2.24) is 19.9 Å². The molecule has 2 aromatic rings. The van der Waals surface area contributed by atoms with Gasteiger partial charge in [-0.3, -0.25) is 4.79 Å². The lowest BCUT2D eigenvalue weighted by Crippen LogP contribution is -2.50. The van der Waals surface area contributed by atoms with E-state index in [2.05, 4.69) is 10.2 Å².